The molecule has 0 heterocycles. The van der Waals surface area contributed by atoms with Crippen molar-refractivity contribution in [3.8, 4) is 6.07 Å². The topological polar surface area (TPSA) is 59.3 Å². The lowest BCUT2D eigenvalue weighted by Gasteiger charge is -2.22. The van der Waals surface area contributed by atoms with Gasteiger partial charge in [0.15, 0.2) is 0 Å². The second kappa shape index (κ2) is 7.70. The largest absolute Gasteiger partial charge is 0.390 e. The molecule has 98 valence electrons. The van der Waals surface area contributed by atoms with Gasteiger partial charge in [-0.3, -0.25) is 0 Å². The van der Waals surface area contributed by atoms with Gasteiger partial charge in [0.25, 0.3) is 0 Å². The van der Waals surface area contributed by atoms with Crippen molar-refractivity contribution in [3.05, 3.63) is 29.8 Å². The molecule has 0 amide bonds. The highest BCUT2D eigenvalue weighted by Gasteiger charge is 2.08. The third-order valence-electron chi connectivity index (χ3n) is 2.92. The van der Waals surface area contributed by atoms with Gasteiger partial charge in [0.1, 0.15) is 0 Å². The number of aliphatic hydroxyl groups excluding tert-OH is 1. The molecule has 0 aliphatic rings. The molecular formula is C14H21N3O. The van der Waals surface area contributed by atoms with Crippen molar-refractivity contribution in [2.75, 3.05) is 31.5 Å². The van der Waals surface area contributed by atoms with Crippen molar-refractivity contribution in [2.45, 2.75) is 20.0 Å². The molecule has 0 aliphatic carbocycles. The molecule has 1 aromatic rings. The van der Waals surface area contributed by atoms with Crippen LogP contribution in [0.4, 0.5) is 5.69 Å². The van der Waals surface area contributed by atoms with Gasteiger partial charge < -0.3 is 15.3 Å². The van der Waals surface area contributed by atoms with Gasteiger partial charge in [-0.1, -0.05) is 13.8 Å². The van der Waals surface area contributed by atoms with Crippen LogP contribution in [0.1, 0.15) is 19.4 Å². The lowest BCUT2D eigenvalue weighted by molar-refractivity contribution is 0.128. The summed E-state index contributed by atoms with van der Waals surface area (Å²) in [7, 11) is 0. The standard InChI is InChI=1S/C14H21N3O/c1-3-17(4-2)11-14(18)10-16-13-7-5-12(9-15)6-8-13/h5-8,14,16,18H,3-4,10-11H2,1-2H3. The number of aliphatic hydroxyl groups is 1. The Bertz CT molecular complexity index is 379. The average molecular weight is 247 g/mol. The predicted octanol–water partition coefficient (Wildman–Crippen LogP) is 1.67. The van der Waals surface area contributed by atoms with E-state index in [9.17, 15) is 5.11 Å². The van der Waals surface area contributed by atoms with Crippen molar-refractivity contribution >= 4 is 5.69 Å². The molecule has 0 spiro atoms. The van der Waals surface area contributed by atoms with E-state index in [0.717, 1.165) is 18.8 Å². The van der Waals surface area contributed by atoms with Gasteiger partial charge >= 0.3 is 0 Å². The number of nitrogens with one attached hydrogen (secondary N) is 1. The number of hydrogen-bond donors (Lipinski definition) is 2. The Morgan fingerprint density at radius 1 is 1.28 bits per heavy atom. The van der Waals surface area contributed by atoms with E-state index < -0.39 is 0 Å². The van der Waals surface area contributed by atoms with Gasteiger partial charge in [-0.2, -0.15) is 5.26 Å². The van der Waals surface area contributed by atoms with Crippen molar-refractivity contribution in [2.24, 2.45) is 0 Å². The van der Waals surface area contributed by atoms with Crippen LogP contribution < -0.4 is 5.32 Å². The summed E-state index contributed by atoms with van der Waals surface area (Å²) >= 11 is 0. The second-order valence-corrected chi connectivity index (χ2v) is 4.21. The Morgan fingerprint density at radius 3 is 2.39 bits per heavy atom. The number of hydrogen-bond acceptors (Lipinski definition) is 4. The normalized spacial score (nSPS) is 12.2. The fourth-order valence-corrected chi connectivity index (χ4v) is 1.74. The molecule has 18 heavy (non-hydrogen) atoms. The zero-order valence-electron chi connectivity index (χ0n) is 11.1. The fourth-order valence-electron chi connectivity index (χ4n) is 1.74. The minimum absolute atomic E-state index is 0.388. The third kappa shape index (κ3) is 4.74. The summed E-state index contributed by atoms with van der Waals surface area (Å²) in [5, 5.41) is 21.7. The summed E-state index contributed by atoms with van der Waals surface area (Å²) < 4.78 is 0. The Kier molecular flexibility index (Phi) is 6.20. The van der Waals surface area contributed by atoms with Gasteiger partial charge in [0.2, 0.25) is 0 Å². The Hall–Kier alpha value is -1.57. The zero-order chi connectivity index (χ0) is 13.4. The van der Waals surface area contributed by atoms with Gasteiger partial charge in [-0.25, -0.2) is 0 Å². The smallest absolute Gasteiger partial charge is 0.0991 e. The maximum Gasteiger partial charge on any atom is 0.0991 e. The zero-order valence-corrected chi connectivity index (χ0v) is 11.1. The minimum atomic E-state index is -0.388. The molecule has 1 atom stereocenters. The second-order valence-electron chi connectivity index (χ2n) is 4.21. The van der Waals surface area contributed by atoms with Crippen LogP contribution in [0, 0.1) is 11.3 Å². The summed E-state index contributed by atoms with van der Waals surface area (Å²) in [4.78, 5) is 2.19. The molecule has 1 aromatic carbocycles. The van der Waals surface area contributed by atoms with Gasteiger partial charge in [0, 0.05) is 18.8 Å². The number of likely N-dealkylation sites (N-methyl/N-ethyl adjacent to an activating group) is 1. The fraction of sp³-hybridized carbons (Fsp3) is 0.500. The highest BCUT2D eigenvalue weighted by molar-refractivity contribution is 5.47. The van der Waals surface area contributed by atoms with Crippen molar-refractivity contribution < 1.29 is 5.11 Å². The lowest BCUT2D eigenvalue weighted by atomic mass is 10.2. The van der Waals surface area contributed by atoms with Crippen LogP contribution in [0.15, 0.2) is 24.3 Å². The molecule has 2 N–H and O–H groups in total. The van der Waals surface area contributed by atoms with Crippen LogP contribution in [0.2, 0.25) is 0 Å². The monoisotopic (exact) mass is 247 g/mol. The third-order valence-corrected chi connectivity index (χ3v) is 2.92. The number of nitriles is 1. The summed E-state index contributed by atoms with van der Waals surface area (Å²) in [6.45, 7) is 7.27. The van der Waals surface area contributed by atoms with E-state index in [-0.39, 0.29) is 6.10 Å². The molecule has 0 saturated carbocycles. The van der Waals surface area contributed by atoms with Crippen molar-refractivity contribution in [3.63, 3.8) is 0 Å². The quantitative estimate of drug-likeness (QED) is 0.769. The van der Waals surface area contributed by atoms with Crippen molar-refractivity contribution in [1.82, 2.24) is 4.90 Å². The molecule has 0 bridgehead atoms. The summed E-state index contributed by atoms with van der Waals surface area (Å²) in [5.41, 5.74) is 1.57. The Balaban J connectivity index is 2.37. The molecule has 0 radical (unpaired) electrons. The molecule has 0 saturated heterocycles. The van der Waals surface area contributed by atoms with E-state index in [1.807, 2.05) is 12.1 Å². The molecule has 1 rings (SSSR count). The van der Waals surface area contributed by atoms with Crippen LogP contribution >= 0.6 is 0 Å². The molecule has 0 aliphatic heterocycles. The Labute approximate surface area is 109 Å². The summed E-state index contributed by atoms with van der Waals surface area (Å²) in [6, 6.07) is 9.30. The first kappa shape index (κ1) is 14.5. The number of benzene rings is 1. The van der Waals surface area contributed by atoms with Crippen LogP contribution in [-0.4, -0.2) is 42.3 Å². The molecular weight excluding hydrogens is 226 g/mol. The predicted molar refractivity (Wildman–Crippen MR) is 73.4 cm³/mol. The lowest BCUT2D eigenvalue weighted by Crippen LogP contribution is -2.35. The Morgan fingerprint density at radius 2 is 1.89 bits per heavy atom. The van der Waals surface area contributed by atoms with Crippen LogP contribution in [0.3, 0.4) is 0 Å². The van der Waals surface area contributed by atoms with Gasteiger partial charge in [-0.05, 0) is 37.4 Å². The van der Waals surface area contributed by atoms with E-state index in [4.69, 9.17) is 5.26 Å². The van der Waals surface area contributed by atoms with Gasteiger partial charge in [-0.15, -0.1) is 0 Å². The van der Waals surface area contributed by atoms with E-state index in [1.54, 1.807) is 12.1 Å². The number of nitrogens with zero attached hydrogens (tertiary/aromatic N) is 2. The highest BCUT2D eigenvalue weighted by Crippen LogP contribution is 2.08. The molecule has 4 nitrogen and oxygen atoms in total. The molecule has 4 heteroatoms. The van der Waals surface area contributed by atoms with Crippen LogP contribution in [-0.2, 0) is 0 Å². The average Bonchev–Trinajstić information content (AvgIpc) is 2.43. The summed E-state index contributed by atoms with van der Waals surface area (Å²) in [5.74, 6) is 0. The molecule has 0 fully saturated rings. The van der Waals surface area contributed by atoms with E-state index >= 15 is 0 Å². The highest BCUT2D eigenvalue weighted by atomic mass is 16.3. The van der Waals surface area contributed by atoms with E-state index in [2.05, 4.69) is 30.1 Å². The van der Waals surface area contributed by atoms with E-state index in [0.29, 0.717) is 18.7 Å². The minimum Gasteiger partial charge on any atom is -0.390 e. The number of rotatable bonds is 7. The molecule has 0 aromatic heterocycles. The SMILES string of the molecule is CCN(CC)CC(O)CNc1ccc(C#N)cc1. The molecule has 1 unspecified atom stereocenters. The first-order valence-electron chi connectivity index (χ1n) is 6.34. The van der Waals surface area contributed by atoms with Gasteiger partial charge in [0.05, 0.1) is 17.7 Å². The van der Waals surface area contributed by atoms with Crippen molar-refractivity contribution in [1.29, 1.82) is 5.26 Å². The van der Waals surface area contributed by atoms with Crippen LogP contribution in [0.25, 0.3) is 0 Å². The first-order chi connectivity index (χ1) is 8.69. The first-order valence-corrected chi connectivity index (χ1v) is 6.34. The summed E-state index contributed by atoms with van der Waals surface area (Å²) in [6.07, 6.45) is -0.388. The van der Waals surface area contributed by atoms with Crippen LogP contribution in [0.5, 0.6) is 0 Å². The maximum atomic E-state index is 9.89. The maximum absolute atomic E-state index is 9.89. The van der Waals surface area contributed by atoms with E-state index in [1.165, 1.54) is 0 Å². The number of anilines is 1.